The standard InChI is InChI=1S/C16H21BrO2/c1-16(2)8-4-5-13(16)14(18)10-11-9-12(17)6-7-15(11)19-3/h6-7,9,13H,4-5,8,10H2,1-3H3. The first-order valence-electron chi connectivity index (χ1n) is 6.79. The molecule has 3 heteroatoms. The third-order valence-corrected chi connectivity index (χ3v) is 4.75. The van der Waals surface area contributed by atoms with Crippen LogP contribution in [0.1, 0.15) is 38.7 Å². The maximum atomic E-state index is 12.5. The Kier molecular flexibility index (Phi) is 4.34. The van der Waals surface area contributed by atoms with Crippen LogP contribution < -0.4 is 4.74 Å². The largest absolute Gasteiger partial charge is 0.496 e. The minimum absolute atomic E-state index is 0.149. The van der Waals surface area contributed by atoms with Crippen LogP contribution >= 0.6 is 15.9 Å². The van der Waals surface area contributed by atoms with Crippen molar-refractivity contribution in [1.29, 1.82) is 0 Å². The van der Waals surface area contributed by atoms with Gasteiger partial charge in [0.25, 0.3) is 0 Å². The SMILES string of the molecule is COc1ccc(Br)cc1CC(=O)C1CCCC1(C)C. The molecule has 0 bridgehead atoms. The Hall–Kier alpha value is -0.830. The van der Waals surface area contributed by atoms with Crippen LogP contribution in [-0.2, 0) is 11.2 Å². The van der Waals surface area contributed by atoms with E-state index >= 15 is 0 Å². The van der Waals surface area contributed by atoms with Crippen molar-refractivity contribution in [3.63, 3.8) is 0 Å². The Morgan fingerprint density at radius 1 is 1.47 bits per heavy atom. The molecule has 2 nitrogen and oxygen atoms in total. The van der Waals surface area contributed by atoms with E-state index in [1.165, 1.54) is 6.42 Å². The highest BCUT2D eigenvalue weighted by Gasteiger charge is 2.38. The smallest absolute Gasteiger partial charge is 0.141 e. The molecule has 0 aromatic heterocycles. The van der Waals surface area contributed by atoms with Crippen molar-refractivity contribution < 1.29 is 9.53 Å². The minimum Gasteiger partial charge on any atom is -0.496 e. The molecule has 0 N–H and O–H groups in total. The number of Topliss-reactive ketones (excluding diaryl/α,β-unsaturated/α-hetero) is 1. The summed E-state index contributed by atoms with van der Waals surface area (Å²) in [6, 6.07) is 5.83. The van der Waals surface area contributed by atoms with Gasteiger partial charge in [-0.2, -0.15) is 0 Å². The van der Waals surface area contributed by atoms with Crippen LogP contribution in [0.4, 0.5) is 0 Å². The number of hydrogen-bond acceptors (Lipinski definition) is 2. The summed E-state index contributed by atoms with van der Waals surface area (Å²) < 4.78 is 6.33. The molecule has 104 valence electrons. The van der Waals surface area contributed by atoms with Crippen LogP contribution in [0, 0.1) is 11.3 Å². The highest BCUT2D eigenvalue weighted by Crippen LogP contribution is 2.43. The van der Waals surface area contributed by atoms with Gasteiger partial charge >= 0.3 is 0 Å². The summed E-state index contributed by atoms with van der Waals surface area (Å²) in [5, 5.41) is 0. The highest BCUT2D eigenvalue weighted by atomic mass is 79.9. The summed E-state index contributed by atoms with van der Waals surface area (Å²) in [6.07, 6.45) is 3.82. The van der Waals surface area contributed by atoms with Gasteiger partial charge in [0, 0.05) is 22.4 Å². The summed E-state index contributed by atoms with van der Waals surface area (Å²) in [5.74, 6) is 1.34. The number of methoxy groups -OCH3 is 1. The number of ketones is 1. The molecule has 0 radical (unpaired) electrons. The van der Waals surface area contributed by atoms with E-state index in [2.05, 4.69) is 29.8 Å². The molecular formula is C16H21BrO2. The fourth-order valence-electron chi connectivity index (χ4n) is 3.12. The second-order valence-electron chi connectivity index (χ2n) is 6.03. The zero-order valence-corrected chi connectivity index (χ0v) is 13.4. The van der Waals surface area contributed by atoms with E-state index in [-0.39, 0.29) is 11.3 Å². The van der Waals surface area contributed by atoms with E-state index in [9.17, 15) is 4.79 Å². The Bertz CT molecular complexity index is 480. The molecule has 0 spiro atoms. The number of carbonyl (C=O) groups excluding carboxylic acids is 1. The fourth-order valence-corrected chi connectivity index (χ4v) is 3.53. The molecule has 1 aliphatic rings. The molecule has 1 fully saturated rings. The third kappa shape index (κ3) is 3.19. The zero-order chi connectivity index (χ0) is 14.0. The molecule has 2 rings (SSSR count). The molecule has 0 saturated heterocycles. The second kappa shape index (κ2) is 5.66. The molecular weight excluding hydrogens is 304 g/mol. The predicted molar refractivity (Wildman–Crippen MR) is 80.5 cm³/mol. The van der Waals surface area contributed by atoms with Crippen molar-refractivity contribution in [2.75, 3.05) is 7.11 Å². The van der Waals surface area contributed by atoms with Crippen LogP contribution in [0.25, 0.3) is 0 Å². The first kappa shape index (κ1) is 14.6. The fraction of sp³-hybridized carbons (Fsp3) is 0.562. The summed E-state index contributed by atoms with van der Waals surface area (Å²) in [5.41, 5.74) is 1.13. The van der Waals surface area contributed by atoms with Gasteiger partial charge < -0.3 is 4.74 Å². The average Bonchev–Trinajstić information content (AvgIpc) is 2.69. The molecule has 1 aliphatic carbocycles. The second-order valence-corrected chi connectivity index (χ2v) is 6.95. The van der Waals surface area contributed by atoms with Crippen LogP contribution in [0.3, 0.4) is 0 Å². The van der Waals surface area contributed by atoms with Crippen molar-refractivity contribution in [2.24, 2.45) is 11.3 Å². The van der Waals surface area contributed by atoms with E-state index < -0.39 is 0 Å². The van der Waals surface area contributed by atoms with Crippen molar-refractivity contribution >= 4 is 21.7 Å². The van der Waals surface area contributed by atoms with Crippen molar-refractivity contribution in [3.05, 3.63) is 28.2 Å². The molecule has 1 saturated carbocycles. The Labute approximate surface area is 123 Å². The van der Waals surface area contributed by atoms with E-state index in [1.807, 2.05) is 18.2 Å². The molecule has 0 aliphatic heterocycles. The molecule has 0 amide bonds. The molecule has 1 unspecified atom stereocenters. The topological polar surface area (TPSA) is 26.3 Å². The number of carbonyl (C=O) groups is 1. The molecule has 1 atom stereocenters. The van der Waals surface area contributed by atoms with Crippen LogP contribution in [-0.4, -0.2) is 12.9 Å². The quantitative estimate of drug-likeness (QED) is 0.820. The Morgan fingerprint density at radius 2 is 2.21 bits per heavy atom. The monoisotopic (exact) mass is 324 g/mol. The Morgan fingerprint density at radius 3 is 2.79 bits per heavy atom. The van der Waals surface area contributed by atoms with Crippen molar-refractivity contribution in [1.82, 2.24) is 0 Å². The van der Waals surface area contributed by atoms with Crippen molar-refractivity contribution in [2.45, 2.75) is 39.5 Å². The summed E-state index contributed by atoms with van der Waals surface area (Å²) in [6.45, 7) is 4.42. The summed E-state index contributed by atoms with van der Waals surface area (Å²) in [7, 11) is 1.65. The van der Waals surface area contributed by atoms with Crippen LogP contribution in [0.2, 0.25) is 0 Å². The van der Waals surface area contributed by atoms with E-state index in [1.54, 1.807) is 7.11 Å². The lowest BCUT2D eigenvalue weighted by Crippen LogP contribution is -2.27. The number of hydrogen-bond donors (Lipinski definition) is 0. The Balaban J connectivity index is 2.17. The average molecular weight is 325 g/mol. The van der Waals surface area contributed by atoms with Gasteiger partial charge in [-0.15, -0.1) is 0 Å². The van der Waals surface area contributed by atoms with Gasteiger partial charge in [0.05, 0.1) is 7.11 Å². The van der Waals surface area contributed by atoms with E-state index in [0.29, 0.717) is 12.2 Å². The third-order valence-electron chi connectivity index (χ3n) is 4.25. The molecule has 19 heavy (non-hydrogen) atoms. The minimum atomic E-state index is 0.149. The van der Waals surface area contributed by atoms with Gasteiger partial charge in [0.2, 0.25) is 0 Å². The number of halogens is 1. The molecule has 0 heterocycles. The van der Waals surface area contributed by atoms with Gasteiger partial charge in [-0.25, -0.2) is 0 Å². The first-order chi connectivity index (χ1) is 8.94. The lowest BCUT2D eigenvalue weighted by molar-refractivity contribution is -0.124. The maximum absolute atomic E-state index is 12.5. The van der Waals surface area contributed by atoms with E-state index in [0.717, 1.165) is 28.6 Å². The summed E-state index contributed by atoms with van der Waals surface area (Å²) in [4.78, 5) is 12.5. The molecule has 1 aromatic carbocycles. The lowest BCUT2D eigenvalue weighted by atomic mass is 9.78. The lowest BCUT2D eigenvalue weighted by Gasteiger charge is -2.26. The van der Waals surface area contributed by atoms with E-state index in [4.69, 9.17) is 4.74 Å². The number of rotatable bonds is 4. The normalized spacial score (nSPS) is 21.4. The number of ether oxygens (including phenoxy) is 1. The number of benzene rings is 1. The maximum Gasteiger partial charge on any atom is 0.141 e. The summed E-state index contributed by atoms with van der Waals surface area (Å²) >= 11 is 3.45. The first-order valence-corrected chi connectivity index (χ1v) is 7.58. The van der Waals surface area contributed by atoms with Gasteiger partial charge in [-0.1, -0.05) is 36.2 Å². The molecule has 1 aromatic rings. The predicted octanol–water partition coefficient (Wildman–Crippen LogP) is 4.40. The van der Waals surface area contributed by atoms with Gasteiger partial charge in [-0.05, 0) is 36.5 Å². The van der Waals surface area contributed by atoms with Crippen LogP contribution in [0.5, 0.6) is 5.75 Å². The van der Waals surface area contributed by atoms with Gasteiger partial charge in [0.1, 0.15) is 11.5 Å². The van der Waals surface area contributed by atoms with Crippen LogP contribution in [0.15, 0.2) is 22.7 Å². The zero-order valence-electron chi connectivity index (χ0n) is 11.8. The van der Waals surface area contributed by atoms with Crippen molar-refractivity contribution in [3.8, 4) is 5.75 Å². The highest BCUT2D eigenvalue weighted by molar-refractivity contribution is 9.10. The van der Waals surface area contributed by atoms with Gasteiger partial charge in [0.15, 0.2) is 0 Å². The van der Waals surface area contributed by atoms with Gasteiger partial charge in [-0.3, -0.25) is 4.79 Å².